The molecule has 0 aliphatic heterocycles. The summed E-state index contributed by atoms with van der Waals surface area (Å²) < 4.78 is 0. The molecule has 114 valence electrons. The fourth-order valence-corrected chi connectivity index (χ4v) is 2.12. The highest BCUT2D eigenvalue weighted by Crippen LogP contribution is 2.20. The molecule has 1 rings (SSSR count). The lowest BCUT2D eigenvalue weighted by Crippen LogP contribution is -2.09. The number of nitrogens with zero attached hydrogens (tertiary/aromatic N) is 1. The normalized spacial score (nSPS) is 13.0. The van der Waals surface area contributed by atoms with E-state index in [2.05, 4.69) is 63.5 Å². The van der Waals surface area contributed by atoms with Gasteiger partial charge in [0, 0.05) is 19.2 Å². The van der Waals surface area contributed by atoms with Crippen molar-refractivity contribution in [1.82, 2.24) is 0 Å². The zero-order valence-electron chi connectivity index (χ0n) is 13.9. The lowest BCUT2D eigenvalue weighted by atomic mass is 9.91. The first-order chi connectivity index (χ1) is 9.78. The lowest BCUT2D eigenvalue weighted by Gasteiger charge is -2.15. The van der Waals surface area contributed by atoms with Crippen LogP contribution in [0.1, 0.15) is 37.5 Å². The van der Waals surface area contributed by atoms with Crippen molar-refractivity contribution in [3.05, 3.63) is 59.2 Å². The molecule has 0 aliphatic carbocycles. The SMILES string of the molecule is C=C(/C=C\C(C)(C)C)/C(=N/C)c1cc(C)ccc1CCO. The van der Waals surface area contributed by atoms with E-state index in [-0.39, 0.29) is 12.0 Å². The molecule has 0 aliphatic rings. The van der Waals surface area contributed by atoms with E-state index in [4.69, 9.17) is 0 Å². The van der Waals surface area contributed by atoms with Crippen LogP contribution in [0.15, 0.2) is 47.5 Å². The third-order valence-corrected chi connectivity index (χ3v) is 3.21. The van der Waals surface area contributed by atoms with Crippen molar-refractivity contribution in [2.45, 2.75) is 34.1 Å². The number of hydrogen-bond donors (Lipinski definition) is 1. The van der Waals surface area contributed by atoms with Crippen LogP contribution in [0.4, 0.5) is 0 Å². The first-order valence-electron chi connectivity index (χ1n) is 7.34. The summed E-state index contributed by atoms with van der Waals surface area (Å²) in [5.41, 5.74) is 5.26. The second kappa shape index (κ2) is 7.37. The molecule has 0 radical (unpaired) electrons. The second-order valence-electron chi connectivity index (χ2n) is 6.43. The maximum absolute atomic E-state index is 9.24. The molecule has 0 amide bonds. The zero-order valence-corrected chi connectivity index (χ0v) is 13.9. The van der Waals surface area contributed by atoms with Crippen LogP contribution < -0.4 is 0 Å². The first kappa shape index (κ1) is 17.4. The maximum atomic E-state index is 9.24. The van der Waals surface area contributed by atoms with Gasteiger partial charge in [0.1, 0.15) is 0 Å². The third kappa shape index (κ3) is 5.31. The lowest BCUT2D eigenvalue weighted by molar-refractivity contribution is 0.299. The van der Waals surface area contributed by atoms with Crippen molar-refractivity contribution >= 4 is 5.71 Å². The number of hydrogen-bond acceptors (Lipinski definition) is 2. The van der Waals surface area contributed by atoms with Crippen molar-refractivity contribution in [3.63, 3.8) is 0 Å². The van der Waals surface area contributed by atoms with Gasteiger partial charge in [0.05, 0.1) is 5.71 Å². The number of aliphatic hydroxyl groups is 1. The highest BCUT2D eigenvalue weighted by molar-refractivity contribution is 6.14. The Morgan fingerprint density at radius 2 is 2.00 bits per heavy atom. The predicted molar refractivity (Wildman–Crippen MR) is 92.2 cm³/mol. The highest BCUT2D eigenvalue weighted by atomic mass is 16.2. The molecule has 0 atom stereocenters. The van der Waals surface area contributed by atoms with E-state index >= 15 is 0 Å². The molecular weight excluding hydrogens is 258 g/mol. The first-order valence-corrected chi connectivity index (χ1v) is 7.34. The summed E-state index contributed by atoms with van der Waals surface area (Å²) in [4.78, 5) is 4.43. The molecule has 0 saturated heterocycles. The summed E-state index contributed by atoms with van der Waals surface area (Å²) in [6.45, 7) is 12.8. The van der Waals surface area contributed by atoms with Gasteiger partial charge in [0.2, 0.25) is 0 Å². The van der Waals surface area contributed by atoms with Gasteiger partial charge in [-0.15, -0.1) is 0 Å². The largest absolute Gasteiger partial charge is 0.396 e. The Morgan fingerprint density at radius 1 is 1.33 bits per heavy atom. The van der Waals surface area contributed by atoms with E-state index in [9.17, 15) is 5.11 Å². The van der Waals surface area contributed by atoms with Gasteiger partial charge in [0.15, 0.2) is 0 Å². The van der Waals surface area contributed by atoms with Crippen LogP contribution in [0.25, 0.3) is 0 Å². The Labute approximate surface area is 128 Å². The summed E-state index contributed by atoms with van der Waals surface area (Å²) in [5.74, 6) is 0. The molecule has 0 aromatic heterocycles. The van der Waals surface area contributed by atoms with Crippen molar-refractivity contribution in [2.24, 2.45) is 10.4 Å². The number of aliphatic hydroxyl groups excluding tert-OH is 1. The number of allylic oxidation sites excluding steroid dienone is 3. The molecule has 0 bridgehead atoms. The average Bonchev–Trinajstić information content (AvgIpc) is 2.39. The number of rotatable bonds is 5. The molecule has 0 spiro atoms. The molecule has 0 unspecified atom stereocenters. The Hall–Kier alpha value is -1.67. The molecule has 1 N–H and O–H groups in total. The van der Waals surface area contributed by atoms with Gasteiger partial charge in [-0.3, -0.25) is 4.99 Å². The van der Waals surface area contributed by atoms with Gasteiger partial charge in [-0.1, -0.05) is 57.2 Å². The van der Waals surface area contributed by atoms with Gasteiger partial charge in [-0.2, -0.15) is 0 Å². The monoisotopic (exact) mass is 285 g/mol. The molecular formula is C19H27NO. The van der Waals surface area contributed by atoms with E-state index < -0.39 is 0 Å². The van der Waals surface area contributed by atoms with Crippen LogP contribution >= 0.6 is 0 Å². The van der Waals surface area contributed by atoms with Crippen molar-refractivity contribution in [1.29, 1.82) is 0 Å². The molecule has 0 fully saturated rings. The molecule has 1 aromatic carbocycles. The highest BCUT2D eigenvalue weighted by Gasteiger charge is 2.12. The fraction of sp³-hybridized carbons (Fsp3) is 0.421. The van der Waals surface area contributed by atoms with Crippen molar-refractivity contribution < 1.29 is 5.11 Å². The van der Waals surface area contributed by atoms with Crippen LogP contribution in [0.2, 0.25) is 0 Å². The Kier molecular flexibility index (Phi) is 6.10. The van der Waals surface area contributed by atoms with E-state index in [1.807, 2.05) is 6.08 Å². The van der Waals surface area contributed by atoms with Gasteiger partial charge in [-0.05, 0) is 36.0 Å². The predicted octanol–water partition coefficient (Wildman–Crippen LogP) is 4.11. The Balaban J connectivity index is 3.19. The average molecular weight is 285 g/mol. The smallest absolute Gasteiger partial charge is 0.0712 e. The Morgan fingerprint density at radius 3 is 2.52 bits per heavy atom. The molecule has 2 heteroatoms. The molecule has 0 heterocycles. The van der Waals surface area contributed by atoms with Gasteiger partial charge in [0.25, 0.3) is 0 Å². The summed E-state index contributed by atoms with van der Waals surface area (Å²) in [6.07, 6.45) is 4.81. The van der Waals surface area contributed by atoms with Gasteiger partial charge >= 0.3 is 0 Å². The van der Waals surface area contributed by atoms with Crippen LogP contribution in [0, 0.1) is 12.3 Å². The fourth-order valence-electron chi connectivity index (χ4n) is 2.12. The van der Waals surface area contributed by atoms with E-state index in [1.54, 1.807) is 7.05 Å². The number of aliphatic imine (C=N–C) groups is 1. The number of aryl methyl sites for hydroxylation is 1. The molecule has 0 saturated carbocycles. The van der Waals surface area contributed by atoms with Gasteiger partial charge in [-0.25, -0.2) is 0 Å². The van der Waals surface area contributed by atoms with E-state index in [0.717, 1.165) is 22.4 Å². The van der Waals surface area contributed by atoms with E-state index in [1.165, 1.54) is 5.56 Å². The van der Waals surface area contributed by atoms with Crippen LogP contribution in [-0.2, 0) is 6.42 Å². The van der Waals surface area contributed by atoms with E-state index in [0.29, 0.717) is 6.42 Å². The summed E-state index contributed by atoms with van der Waals surface area (Å²) >= 11 is 0. The summed E-state index contributed by atoms with van der Waals surface area (Å²) in [6, 6.07) is 6.24. The minimum atomic E-state index is 0.113. The standard InChI is InChI=1S/C19H27NO/c1-14-7-8-16(10-12-21)17(13-14)18(20-6)15(2)9-11-19(3,4)5/h7-9,11,13,21H,2,10,12H2,1,3-6H3/b11-9-,20-18-. The molecule has 2 nitrogen and oxygen atoms in total. The quantitative estimate of drug-likeness (QED) is 0.641. The van der Waals surface area contributed by atoms with Gasteiger partial charge < -0.3 is 5.11 Å². The maximum Gasteiger partial charge on any atom is 0.0712 e. The summed E-state index contributed by atoms with van der Waals surface area (Å²) in [5, 5.41) is 9.24. The minimum Gasteiger partial charge on any atom is -0.396 e. The minimum absolute atomic E-state index is 0.113. The Bertz CT molecular complexity index is 559. The second-order valence-corrected chi connectivity index (χ2v) is 6.43. The zero-order chi connectivity index (χ0) is 16.0. The third-order valence-electron chi connectivity index (χ3n) is 3.21. The molecule has 1 aromatic rings. The summed E-state index contributed by atoms with van der Waals surface area (Å²) in [7, 11) is 1.79. The van der Waals surface area contributed by atoms with Crippen LogP contribution in [-0.4, -0.2) is 24.5 Å². The molecule has 21 heavy (non-hydrogen) atoms. The van der Waals surface area contributed by atoms with Crippen LogP contribution in [0.5, 0.6) is 0 Å². The topological polar surface area (TPSA) is 32.6 Å². The van der Waals surface area contributed by atoms with Crippen LogP contribution in [0.3, 0.4) is 0 Å². The number of benzene rings is 1. The van der Waals surface area contributed by atoms with Crippen molar-refractivity contribution in [3.8, 4) is 0 Å². The van der Waals surface area contributed by atoms with Crippen molar-refractivity contribution in [2.75, 3.05) is 13.7 Å².